The summed E-state index contributed by atoms with van der Waals surface area (Å²) in [5.74, 6) is -0.819. The summed E-state index contributed by atoms with van der Waals surface area (Å²) in [6.45, 7) is 1.68. The highest BCUT2D eigenvalue weighted by molar-refractivity contribution is 7.92. The third kappa shape index (κ3) is 5.29. The quantitative estimate of drug-likeness (QED) is 0.416. The predicted octanol–water partition coefficient (Wildman–Crippen LogP) is 0.811. The fraction of sp³-hybridized carbons (Fsp3) is 0.357. The van der Waals surface area contributed by atoms with Crippen molar-refractivity contribution in [2.45, 2.75) is 29.8 Å². The molecule has 0 amide bonds. The van der Waals surface area contributed by atoms with Crippen LogP contribution in [0.4, 0.5) is 0 Å². The van der Waals surface area contributed by atoms with Gasteiger partial charge in [-0.2, -0.15) is 0 Å². The Bertz CT molecular complexity index is 597. The molecule has 6 nitrogen and oxygen atoms in total. The molecule has 0 fully saturated rings. The summed E-state index contributed by atoms with van der Waals surface area (Å²) in [5.41, 5.74) is 0. The molecular formula is C14H19BO6S. The molecule has 0 aliphatic carbocycles. The largest absolute Gasteiger partial charge is 0.465 e. The van der Waals surface area contributed by atoms with Crippen molar-refractivity contribution in [2.24, 2.45) is 0 Å². The first-order valence-electron chi connectivity index (χ1n) is 6.86. The number of allylic oxidation sites excluding steroid dienone is 2. The number of carbonyl (C=O) groups is 1. The molecular weight excluding hydrogens is 307 g/mol. The number of ether oxygens (including phenoxy) is 1. The molecule has 0 heterocycles. The van der Waals surface area contributed by atoms with Gasteiger partial charge in [-0.3, -0.25) is 4.79 Å². The zero-order chi connectivity index (χ0) is 16.6. The first-order valence-corrected chi connectivity index (χ1v) is 8.41. The Morgan fingerprint density at radius 1 is 1.27 bits per heavy atom. The van der Waals surface area contributed by atoms with Crippen LogP contribution in [0.15, 0.2) is 47.4 Å². The molecule has 0 radical (unpaired) electrons. The Balaban J connectivity index is 2.99. The Kier molecular flexibility index (Phi) is 7.30. The van der Waals surface area contributed by atoms with Gasteiger partial charge >= 0.3 is 13.1 Å². The van der Waals surface area contributed by atoms with E-state index in [0.717, 1.165) is 0 Å². The Morgan fingerprint density at radius 3 is 2.45 bits per heavy atom. The van der Waals surface area contributed by atoms with E-state index in [0.29, 0.717) is 0 Å². The molecule has 0 saturated carbocycles. The lowest BCUT2D eigenvalue weighted by molar-refractivity contribution is -0.142. The van der Waals surface area contributed by atoms with Crippen LogP contribution in [0.1, 0.15) is 13.3 Å². The van der Waals surface area contributed by atoms with Crippen molar-refractivity contribution in [3.63, 3.8) is 0 Å². The standard InChI is InChI=1S/C14H19BO6S/c1-2-21-14(16)13(10-6-7-11-15(17)18)22(19,20)12-8-4-3-5-9-12/h3-9,13,17-18H,2,10-11H2,1H3/b7-6+. The number of rotatable bonds is 8. The van der Waals surface area contributed by atoms with E-state index in [4.69, 9.17) is 14.8 Å². The van der Waals surface area contributed by atoms with E-state index in [1.54, 1.807) is 25.1 Å². The fourth-order valence-electron chi connectivity index (χ4n) is 1.80. The van der Waals surface area contributed by atoms with Crippen LogP contribution in [0.25, 0.3) is 0 Å². The van der Waals surface area contributed by atoms with E-state index < -0.39 is 28.2 Å². The molecule has 22 heavy (non-hydrogen) atoms. The molecule has 0 spiro atoms. The normalized spacial score (nSPS) is 13.0. The number of hydrogen-bond acceptors (Lipinski definition) is 6. The van der Waals surface area contributed by atoms with Gasteiger partial charge in [0.25, 0.3) is 0 Å². The Hall–Kier alpha value is -1.64. The molecule has 1 unspecified atom stereocenters. The van der Waals surface area contributed by atoms with Crippen LogP contribution in [0.3, 0.4) is 0 Å². The summed E-state index contributed by atoms with van der Waals surface area (Å²) in [5, 5.41) is 16.1. The van der Waals surface area contributed by atoms with E-state index in [2.05, 4.69) is 0 Å². The molecule has 1 aromatic carbocycles. The predicted molar refractivity (Wildman–Crippen MR) is 82.8 cm³/mol. The average molecular weight is 326 g/mol. The summed E-state index contributed by atoms with van der Waals surface area (Å²) >= 11 is 0. The van der Waals surface area contributed by atoms with Crippen LogP contribution >= 0.6 is 0 Å². The highest BCUT2D eigenvalue weighted by Gasteiger charge is 2.34. The molecule has 1 rings (SSSR count). The summed E-state index contributed by atoms with van der Waals surface area (Å²) in [7, 11) is -5.39. The van der Waals surface area contributed by atoms with Crippen molar-refractivity contribution in [1.82, 2.24) is 0 Å². The first kappa shape index (κ1) is 18.4. The van der Waals surface area contributed by atoms with Gasteiger partial charge in [0.1, 0.15) is 0 Å². The zero-order valence-corrected chi connectivity index (χ0v) is 13.1. The number of benzene rings is 1. The summed E-state index contributed by atoms with van der Waals surface area (Å²) in [6, 6.07) is 7.67. The van der Waals surface area contributed by atoms with E-state index in [-0.39, 0.29) is 24.2 Å². The van der Waals surface area contributed by atoms with Crippen molar-refractivity contribution in [3.05, 3.63) is 42.5 Å². The van der Waals surface area contributed by atoms with Crippen molar-refractivity contribution in [1.29, 1.82) is 0 Å². The minimum Gasteiger partial charge on any atom is -0.465 e. The molecule has 0 aliphatic heterocycles. The molecule has 0 saturated heterocycles. The topological polar surface area (TPSA) is 101 Å². The van der Waals surface area contributed by atoms with E-state index in [9.17, 15) is 13.2 Å². The number of carbonyl (C=O) groups excluding carboxylic acids is 1. The van der Waals surface area contributed by atoms with Crippen LogP contribution in [-0.2, 0) is 19.4 Å². The minimum atomic E-state index is -3.87. The molecule has 2 N–H and O–H groups in total. The SMILES string of the molecule is CCOC(=O)C(C/C=C/CB(O)O)S(=O)(=O)c1ccccc1. The third-order valence-corrected chi connectivity index (χ3v) is 4.92. The lowest BCUT2D eigenvalue weighted by Crippen LogP contribution is -2.31. The maximum Gasteiger partial charge on any atom is 0.455 e. The van der Waals surface area contributed by atoms with Gasteiger partial charge in [0, 0.05) is 0 Å². The van der Waals surface area contributed by atoms with Gasteiger partial charge in [-0.25, -0.2) is 8.42 Å². The fourth-order valence-corrected chi connectivity index (χ4v) is 3.35. The second-order valence-electron chi connectivity index (χ2n) is 4.52. The maximum absolute atomic E-state index is 12.5. The van der Waals surface area contributed by atoms with Gasteiger partial charge in [-0.1, -0.05) is 30.4 Å². The smallest absolute Gasteiger partial charge is 0.455 e. The second kappa shape index (κ2) is 8.72. The van der Waals surface area contributed by atoms with Gasteiger partial charge in [0.2, 0.25) is 0 Å². The Morgan fingerprint density at radius 2 is 1.91 bits per heavy atom. The lowest BCUT2D eigenvalue weighted by Gasteiger charge is -2.15. The van der Waals surface area contributed by atoms with E-state index in [1.807, 2.05) is 0 Å². The maximum atomic E-state index is 12.5. The highest BCUT2D eigenvalue weighted by atomic mass is 32.2. The van der Waals surface area contributed by atoms with E-state index >= 15 is 0 Å². The molecule has 1 aromatic rings. The zero-order valence-electron chi connectivity index (χ0n) is 12.3. The van der Waals surface area contributed by atoms with Crippen molar-refractivity contribution < 1.29 is 28.0 Å². The van der Waals surface area contributed by atoms with Gasteiger partial charge in [0.15, 0.2) is 15.1 Å². The summed E-state index contributed by atoms with van der Waals surface area (Å²) in [6.07, 6.45) is 2.71. The van der Waals surface area contributed by atoms with Gasteiger partial charge in [-0.05, 0) is 31.8 Å². The molecule has 120 valence electrons. The molecule has 8 heteroatoms. The van der Waals surface area contributed by atoms with Crippen molar-refractivity contribution in [2.75, 3.05) is 6.61 Å². The monoisotopic (exact) mass is 326 g/mol. The van der Waals surface area contributed by atoms with E-state index in [1.165, 1.54) is 24.3 Å². The van der Waals surface area contributed by atoms with Gasteiger partial charge in [-0.15, -0.1) is 0 Å². The molecule has 0 aromatic heterocycles. The van der Waals surface area contributed by atoms with Crippen LogP contribution in [-0.4, -0.2) is 43.4 Å². The molecule has 0 bridgehead atoms. The van der Waals surface area contributed by atoms with Crippen molar-refractivity contribution >= 4 is 22.9 Å². The minimum absolute atomic E-state index is 0.0407. The average Bonchev–Trinajstić information content (AvgIpc) is 2.47. The molecule has 0 aliphatic rings. The van der Waals surface area contributed by atoms with Crippen LogP contribution < -0.4 is 0 Å². The van der Waals surface area contributed by atoms with Gasteiger partial charge < -0.3 is 14.8 Å². The van der Waals surface area contributed by atoms with Crippen LogP contribution in [0, 0.1) is 0 Å². The second-order valence-corrected chi connectivity index (χ2v) is 6.65. The molecule has 1 atom stereocenters. The summed E-state index contributed by atoms with van der Waals surface area (Å²) in [4.78, 5) is 12.0. The highest BCUT2D eigenvalue weighted by Crippen LogP contribution is 2.20. The third-order valence-electron chi connectivity index (χ3n) is 2.86. The van der Waals surface area contributed by atoms with Crippen LogP contribution in [0.5, 0.6) is 0 Å². The van der Waals surface area contributed by atoms with Crippen molar-refractivity contribution in [3.8, 4) is 0 Å². The van der Waals surface area contributed by atoms with Crippen LogP contribution in [0.2, 0.25) is 6.32 Å². The number of sulfone groups is 1. The lowest BCUT2D eigenvalue weighted by atomic mass is 9.86. The Labute approximate surface area is 130 Å². The first-order chi connectivity index (χ1) is 10.4. The summed E-state index contributed by atoms with van der Waals surface area (Å²) < 4.78 is 29.9. The number of esters is 1. The number of hydrogen-bond donors (Lipinski definition) is 2. The van der Waals surface area contributed by atoms with Gasteiger partial charge in [0.05, 0.1) is 11.5 Å².